The standard InChI is InChI=1S/C7H6N4OS/c12-13-7-8-9-10-11(7)6-4-2-1-3-5-6/h1-5H,(H,8,10). The van der Waals surface area contributed by atoms with E-state index in [-0.39, 0.29) is 0 Å². The maximum absolute atomic E-state index is 10.6. The van der Waals surface area contributed by atoms with Gasteiger partial charge in [-0.3, -0.25) is 0 Å². The summed E-state index contributed by atoms with van der Waals surface area (Å²) in [7, 11) is 0. The Kier molecular flexibility index (Phi) is 2.05. The van der Waals surface area contributed by atoms with E-state index in [9.17, 15) is 4.21 Å². The molecule has 0 aliphatic rings. The van der Waals surface area contributed by atoms with Gasteiger partial charge in [-0.2, -0.15) is 5.21 Å². The Morgan fingerprint density at radius 3 is 2.77 bits per heavy atom. The minimum Gasteiger partial charge on any atom is -0.208 e. The zero-order chi connectivity index (χ0) is 9.10. The van der Waals surface area contributed by atoms with Gasteiger partial charge >= 0.3 is 0 Å². The van der Waals surface area contributed by atoms with Crippen LogP contribution in [0.2, 0.25) is 0 Å². The van der Waals surface area contributed by atoms with Crippen molar-refractivity contribution < 1.29 is 4.21 Å². The van der Waals surface area contributed by atoms with E-state index in [1.165, 1.54) is 4.68 Å². The third-order valence-corrected chi connectivity index (χ3v) is 1.97. The van der Waals surface area contributed by atoms with Crippen molar-refractivity contribution in [3.8, 4) is 5.69 Å². The summed E-state index contributed by atoms with van der Waals surface area (Å²) < 4.78 is 12.4. The molecule has 0 aliphatic carbocycles. The van der Waals surface area contributed by atoms with E-state index in [2.05, 4.69) is 15.5 Å². The van der Waals surface area contributed by atoms with Crippen LogP contribution in [0.25, 0.3) is 5.69 Å². The monoisotopic (exact) mass is 194 g/mol. The molecule has 1 N–H and O–H groups in total. The molecule has 0 radical (unpaired) electrons. The molecule has 0 saturated heterocycles. The summed E-state index contributed by atoms with van der Waals surface area (Å²) in [6.45, 7) is 0. The summed E-state index contributed by atoms with van der Waals surface area (Å²) in [6, 6.07) is 9.38. The minimum atomic E-state index is 0.297. The summed E-state index contributed by atoms with van der Waals surface area (Å²) in [6.07, 6.45) is 0. The number of hydrogen-bond donors (Lipinski definition) is 1. The molecule has 0 bridgehead atoms. The highest BCUT2D eigenvalue weighted by molar-refractivity contribution is 7.56. The van der Waals surface area contributed by atoms with Gasteiger partial charge in [-0.15, -0.1) is 0 Å². The highest BCUT2D eigenvalue weighted by atomic mass is 32.1. The molecular formula is C7H6N4OS. The van der Waals surface area contributed by atoms with Crippen LogP contribution in [0.5, 0.6) is 0 Å². The van der Waals surface area contributed by atoms with Gasteiger partial charge in [0.05, 0.1) is 5.69 Å². The molecular weight excluding hydrogens is 188 g/mol. The highest BCUT2D eigenvalue weighted by Crippen LogP contribution is 2.02. The maximum atomic E-state index is 10.6. The molecule has 1 aromatic carbocycles. The average Bonchev–Trinajstić information content (AvgIpc) is 2.67. The van der Waals surface area contributed by atoms with Crippen LogP contribution in [0, 0.1) is 4.77 Å². The Balaban J connectivity index is 2.67. The van der Waals surface area contributed by atoms with Gasteiger partial charge in [0.25, 0.3) is 4.77 Å². The zero-order valence-corrected chi connectivity index (χ0v) is 7.36. The predicted molar refractivity (Wildman–Crippen MR) is 47.1 cm³/mol. The Bertz CT molecular complexity index is 482. The van der Waals surface area contributed by atoms with Crippen LogP contribution in [0.3, 0.4) is 0 Å². The van der Waals surface area contributed by atoms with E-state index in [4.69, 9.17) is 0 Å². The average molecular weight is 194 g/mol. The molecule has 2 rings (SSSR count). The number of benzene rings is 1. The second-order valence-corrected chi connectivity index (χ2v) is 2.87. The van der Waals surface area contributed by atoms with E-state index < -0.39 is 0 Å². The fraction of sp³-hybridized carbons (Fsp3) is 0. The molecule has 0 unspecified atom stereocenters. The molecule has 0 spiro atoms. The predicted octanol–water partition coefficient (Wildman–Crippen LogP) is 0.340. The molecule has 0 aliphatic heterocycles. The summed E-state index contributed by atoms with van der Waals surface area (Å²) in [5.74, 6) is 0. The number of hydrogen-bond acceptors (Lipinski definition) is 3. The maximum Gasteiger partial charge on any atom is 0.271 e. The topological polar surface area (TPSA) is 63.6 Å². The van der Waals surface area contributed by atoms with Crippen molar-refractivity contribution in [2.75, 3.05) is 0 Å². The summed E-state index contributed by atoms with van der Waals surface area (Å²) >= 11 is 0.305. The molecule has 0 atom stereocenters. The Morgan fingerprint density at radius 1 is 1.31 bits per heavy atom. The Hall–Kier alpha value is -1.69. The normalized spacial score (nSPS) is 9.85. The Labute approximate surface area is 77.1 Å². The van der Waals surface area contributed by atoms with Gasteiger partial charge in [-0.25, -0.2) is 8.89 Å². The first kappa shape index (κ1) is 7.93. The van der Waals surface area contributed by atoms with E-state index >= 15 is 0 Å². The summed E-state index contributed by atoms with van der Waals surface area (Å²) in [4.78, 5) is 0. The van der Waals surface area contributed by atoms with Crippen molar-refractivity contribution in [2.24, 2.45) is 0 Å². The lowest BCUT2D eigenvalue weighted by molar-refractivity contribution is 0.697. The molecule has 1 heterocycles. The van der Waals surface area contributed by atoms with Gasteiger partial charge in [-0.05, 0) is 12.1 Å². The van der Waals surface area contributed by atoms with Crippen LogP contribution in [-0.4, -0.2) is 24.4 Å². The van der Waals surface area contributed by atoms with Crippen molar-refractivity contribution in [1.29, 1.82) is 0 Å². The van der Waals surface area contributed by atoms with Crippen molar-refractivity contribution in [1.82, 2.24) is 20.2 Å². The van der Waals surface area contributed by atoms with Crippen LogP contribution in [0.1, 0.15) is 0 Å². The number of aromatic nitrogens is 4. The highest BCUT2D eigenvalue weighted by Gasteiger charge is 1.97. The minimum absolute atomic E-state index is 0.297. The first-order valence-electron chi connectivity index (χ1n) is 3.60. The van der Waals surface area contributed by atoms with Gasteiger partial charge in [-0.1, -0.05) is 28.5 Å². The molecule has 6 heteroatoms. The lowest BCUT2D eigenvalue weighted by Crippen LogP contribution is -1.96. The smallest absolute Gasteiger partial charge is 0.208 e. The van der Waals surface area contributed by atoms with E-state index in [0.29, 0.717) is 16.0 Å². The number of rotatable bonds is 1. The third kappa shape index (κ3) is 1.43. The number of nitrogens with one attached hydrogen (secondary N) is 1. The first-order chi connectivity index (χ1) is 6.42. The van der Waals surface area contributed by atoms with Gasteiger partial charge in [0.1, 0.15) is 11.3 Å². The molecule has 13 heavy (non-hydrogen) atoms. The fourth-order valence-corrected chi connectivity index (χ4v) is 1.29. The number of nitrogens with zero attached hydrogens (tertiary/aromatic N) is 3. The first-order valence-corrected chi connectivity index (χ1v) is 4.34. The van der Waals surface area contributed by atoms with Crippen LogP contribution in [0.15, 0.2) is 30.3 Å². The second-order valence-electron chi connectivity index (χ2n) is 2.34. The molecule has 66 valence electrons. The zero-order valence-electron chi connectivity index (χ0n) is 6.54. The molecule has 2 aromatic rings. The van der Waals surface area contributed by atoms with E-state index in [1.54, 1.807) is 0 Å². The van der Waals surface area contributed by atoms with Gasteiger partial charge < -0.3 is 0 Å². The van der Waals surface area contributed by atoms with Crippen LogP contribution >= 0.6 is 0 Å². The molecule has 1 aromatic heterocycles. The SMILES string of the molecule is O=S=c1nn[nH]n1-c1ccccc1. The van der Waals surface area contributed by atoms with Crippen molar-refractivity contribution in [3.05, 3.63) is 35.1 Å². The number of tetrazole rings is 1. The molecule has 0 fully saturated rings. The lowest BCUT2D eigenvalue weighted by atomic mass is 10.3. The van der Waals surface area contributed by atoms with Crippen LogP contribution < -0.4 is 0 Å². The largest absolute Gasteiger partial charge is 0.271 e. The lowest BCUT2D eigenvalue weighted by Gasteiger charge is -1.97. The quantitative estimate of drug-likeness (QED) is 0.666. The van der Waals surface area contributed by atoms with Crippen LogP contribution in [0.4, 0.5) is 0 Å². The molecule has 0 saturated carbocycles. The van der Waals surface area contributed by atoms with Crippen molar-refractivity contribution in [3.63, 3.8) is 0 Å². The van der Waals surface area contributed by atoms with E-state index in [1.807, 2.05) is 30.3 Å². The fourth-order valence-electron chi connectivity index (χ4n) is 0.997. The van der Waals surface area contributed by atoms with Crippen LogP contribution in [-0.2, 0) is 11.3 Å². The van der Waals surface area contributed by atoms with Crippen molar-refractivity contribution >= 4 is 11.3 Å². The third-order valence-electron chi connectivity index (χ3n) is 1.56. The Morgan fingerprint density at radius 2 is 2.08 bits per heavy atom. The second kappa shape index (κ2) is 3.36. The summed E-state index contributed by atoms with van der Waals surface area (Å²) in [5, 5.41) is 9.76. The summed E-state index contributed by atoms with van der Waals surface area (Å²) in [5.41, 5.74) is 0.839. The molecule has 5 nitrogen and oxygen atoms in total. The number of H-pyrrole nitrogens is 1. The van der Waals surface area contributed by atoms with Gasteiger partial charge in [0.2, 0.25) is 0 Å². The number of para-hydroxylation sites is 1. The molecule has 0 amide bonds. The van der Waals surface area contributed by atoms with E-state index in [0.717, 1.165) is 5.69 Å². The van der Waals surface area contributed by atoms with Crippen molar-refractivity contribution in [2.45, 2.75) is 0 Å². The number of aromatic amines is 1. The van der Waals surface area contributed by atoms with Gasteiger partial charge in [0, 0.05) is 0 Å². The van der Waals surface area contributed by atoms with Gasteiger partial charge in [0.15, 0.2) is 0 Å².